The molecule has 3 aromatic rings. The molecule has 1 aromatic heterocycles. The first kappa shape index (κ1) is 20.4. The number of hydrogen-bond acceptors (Lipinski definition) is 5. The summed E-state index contributed by atoms with van der Waals surface area (Å²) in [5.74, 6) is 6.71. The Morgan fingerprint density at radius 2 is 1.82 bits per heavy atom. The average Bonchev–Trinajstić information content (AvgIpc) is 3.00. The zero-order valence-corrected chi connectivity index (χ0v) is 18.3. The van der Waals surface area contributed by atoms with E-state index in [0.717, 1.165) is 15.7 Å². The van der Waals surface area contributed by atoms with Crippen molar-refractivity contribution in [2.75, 3.05) is 16.9 Å². The van der Waals surface area contributed by atoms with Crippen LogP contribution in [0.4, 0.5) is 5.69 Å². The van der Waals surface area contributed by atoms with Gasteiger partial charge in [0.15, 0.2) is 5.82 Å². The molecule has 0 saturated heterocycles. The summed E-state index contributed by atoms with van der Waals surface area (Å²) in [7, 11) is 0. The van der Waals surface area contributed by atoms with E-state index in [-0.39, 0.29) is 17.1 Å². The Hall–Kier alpha value is -2.32. The van der Waals surface area contributed by atoms with Crippen LogP contribution < -0.4 is 11.2 Å². The van der Waals surface area contributed by atoms with Crippen LogP contribution in [0.25, 0.3) is 11.4 Å². The van der Waals surface area contributed by atoms with Crippen LogP contribution in [0.2, 0.25) is 0 Å². The van der Waals surface area contributed by atoms with Crippen molar-refractivity contribution in [3.63, 3.8) is 0 Å². The Bertz CT molecular complexity index is 979. The maximum atomic E-state index is 12.3. The molecular formula is C20H22BrN5OS. The molecule has 6 nitrogen and oxygen atoms in total. The molecule has 2 aromatic carbocycles. The number of carbonyl (C=O) groups is 1. The molecule has 1 amide bonds. The van der Waals surface area contributed by atoms with Crippen LogP contribution in [0.5, 0.6) is 0 Å². The van der Waals surface area contributed by atoms with Crippen molar-refractivity contribution in [2.24, 2.45) is 0 Å². The van der Waals surface area contributed by atoms with E-state index in [1.165, 1.54) is 22.0 Å². The van der Waals surface area contributed by atoms with Crippen molar-refractivity contribution in [1.82, 2.24) is 14.9 Å². The molecule has 0 fully saturated rings. The minimum absolute atomic E-state index is 0.0784. The summed E-state index contributed by atoms with van der Waals surface area (Å²) in [6.07, 6.45) is 0. The lowest BCUT2D eigenvalue weighted by Gasteiger charge is -2.19. The molecule has 28 heavy (non-hydrogen) atoms. The number of carbonyl (C=O) groups excluding carboxylic acids is 1. The number of nitrogens with zero attached hydrogens (tertiary/aromatic N) is 3. The van der Waals surface area contributed by atoms with Crippen LogP contribution in [0.3, 0.4) is 0 Å². The lowest BCUT2D eigenvalue weighted by atomic mass is 9.87. The number of anilines is 1. The van der Waals surface area contributed by atoms with Gasteiger partial charge in [-0.1, -0.05) is 72.7 Å². The van der Waals surface area contributed by atoms with E-state index in [0.29, 0.717) is 11.0 Å². The predicted octanol–water partition coefficient (Wildman–Crippen LogP) is 4.45. The Labute approximate surface area is 177 Å². The predicted molar refractivity (Wildman–Crippen MR) is 118 cm³/mol. The van der Waals surface area contributed by atoms with Gasteiger partial charge in [0.05, 0.1) is 5.75 Å². The van der Waals surface area contributed by atoms with E-state index in [1.54, 1.807) is 0 Å². The third kappa shape index (κ3) is 4.74. The summed E-state index contributed by atoms with van der Waals surface area (Å²) >= 11 is 4.73. The highest BCUT2D eigenvalue weighted by Crippen LogP contribution is 2.28. The summed E-state index contributed by atoms with van der Waals surface area (Å²) in [6, 6.07) is 15.5. The van der Waals surface area contributed by atoms with E-state index < -0.39 is 0 Å². The summed E-state index contributed by atoms with van der Waals surface area (Å²) in [6.45, 7) is 6.47. The smallest absolute Gasteiger partial charge is 0.234 e. The number of halogens is 1. The first-order chi connectivity index (χ1) is 13.3. The van der Waals surface area contributed by atoms with E-state index in [2.05, 4.69) is 52.2 Å². The van der Waals surface area contributed by atoms with Gasteiger partial charge in [0, 0.05) is 15.7 Å². The van der Waals surface area contributed by atoms with Gasteiger partial charge in [0.1, 0.15) is 0 Å². The maximum absolute atomic E-state index is 12.3. The second-order valence-electron chi connectivity index (χ2n) is 7.32. The number of benzene rings is 2. The number of nitrogens with two attached hydrogens (primary N) is 1. The van der Waals surface area contributed by atoms with Gasteiger partial charge in [-0.2, -0.15) is 0 Å². The first-order valence-corrected chi connectivity index (χ1v) is 10.5. The molecule has 3 N–H and O–H groups in total. The fraction of sp³-hybridized carbons (Fsp3) is 0.250. The molecule has 0 atom stereocenters. The minimum Gasteiger partial charge on any atom is -0.335 e. The first-order valence-electron chi connectivity index (χ1n) is 8.74. The number of nitrogens with one attached hydrogen (secondary N) is 1. The highest BCUT2D eigenvalue weighted by Gasteiger charge is 2.16. The Morgan fingerprint density at radius 3 is 2.46 bits per heavy atom. The largest absolute Gasteiger partial charge is 0.335 e. The van der Waals surface area contributed by atoms with Crippen molar-refractivity contribution in [3.8, 4) is 11.4 Å². The van der Waals surface area contributed by atoms with Crippen molar-refractivity contribution in [1.29, 1.82) is 0 Å². The van der Waals surface area contributed by atoms with Crippen molar-refractivity contribution < 1.29 is 4.79 Å². The van der Waals surface area contributed by atoms with Gasteiger partial charge in [-0.3, -0.25) is 4.79 Å². The van der Waals surface area contributed by atoms with Gasteiger partial charge in [-0.15, -0.1) is 10.2 Å². The molecule has 0 bridgehead atoms. The topological polar surface area (TPSA) is 85.8 Å². The molecule has 0 radical (unpaired) electrons. The lowest BCUT2D eigenvalue weighted by Crippen LogP contribution is -2.17. The second-order valence-corrected chi connectivity index (χ2v) is 9.12. The number of aromatic nitrogens is 3. The molecule has 0 aliphatic rings. The van der Waals surface area contributed by atoms with Crippen molar-refractivity contribution >= 4 is 39.3 Å². The van der Waals surface area contributed by atoms with E-state index in [1.807, 2.05) is 48.5 Å². The van der Waals surface area contributed by atoms with Crippen LogP contribution in [-0.4, -0.2) is 26.5 Å². The van der Waals surface area contributed by atoms with Gasteiger partial charge in [-0.05, 0) is 35.2 Å². The van der Waals surface area contributed by atoms with Crippen LogP contribution in [0.1, 0.15) is 26.3 Å². The normalized spacial score (nSPS) is 11.4. The number of hydrogen-bond donors (Lipinski definition) is 2. The third-order valence-corrected chi connectivity index (χ3v) is 5.78. The third-order valence-electron chi connectivity index (χ3n) is 4.15. The zero-order valence-electron chi connectivity index (χ0n) is 15.9. The quantitative estimate of drug-likeness (QED) is 0.434. The number of rotatable bonds is 5. The molecular weight excluding hydrogens is 438 g/mol. The fourth-order valence-electron chi connectivity index (χ4n) is 2.58. The van der Waals surface area contributed by atoms with E-state index in [9.17, 15) is 4.79 Å². The molecule has 0 aliphatic carbocycles. The molecule has 3 rings (SSSR count). The van der Waals surface area contributed by atoms with E-state index in [4.69, 9.17) is 5.84 Å². The SMILES string of the molecule is CC(C)(C)c1ccc(NC(=O)CSc2nnc(-c3ccccc3Br)n2N)cc1. The summed E-state index contributed by atoms with van der Waals surface area (Å²) < 4.78 is 2.28. The lowest BCUT2D eigenvalue weighted by molar-refractivity contribution is -0.113. The zero-order chi connectivity index (χ0) is 20.3. The van der Waals surface area contributed by atoms with Gasteiger partial charge in [0.2, 0.25) is 11.1 Å². The van der Waals surface area contributed by atoms with Crippen LogP contribution in [0.15, 0.2) is 58.2 Å². The van der Waals surface area contributed by atoms with Crippen LogP contribution in [-0.2, 0) is 10.2 Å². The Morgan fingerprint density at radius 1 is 1.14 bits per heavy atom. The van der Waals surface area contributed by atoms with Gasteiger partial charge < -0.3 is 11.2 Å². The summed E-state index contributed by atoms with van der Waals surface area (Å²) in [4.78, 5) is 12.3. The molecule has 0 saturated carbocycles. The van der Waals surface area contributed by atoms with Crippen LogP contribution in [0, 0.1) is 0 Å². The summed E-state index contributed by atoms with van der Waals surface area (Å²) in [5, 5.41) is 11.6. The molecule has 1 heterocycles. The van der Waals surface area contributed by atoms with Crippen LogP contribution >= 0.6 is 27.7 Å². The van der Waals surface area contributed by atoms with E-state index >= 15 is 0 Å². The van der Waals surface area contributed by atoms with Crippen molar-refractivity contribution in [2.45, 2.75) is 31.3 Å². The molecule has 0 aliphatic heterocycles. The monoisotopic (exact) mass is 459 g/mol. The fourth-order valence-corrected chi connectivity index (χ4v) is 3.70. The highest BCUT2D eigenvalue weighted by atomic mass is 79.9. The molecule has 0 unspecified atom stereocenters. The summed E-state index contributed by atoms with van der Waals surface area (Å²) in [5.41, 5.74) is 2.90. The Kier molecular flexibility index (Phi) is 6.10. The average molecular weight is 460 g/mol. The Balaban J connectivity index is 1.62. The van der Waals surface area contributed by atoms with Gasteiger partial charge >= 0.3 is 0 Å². The molecule has 8 heteroatoms. The molecule has 146 valence electrons. The van der Waals surface area contributed by atoms with Gasteiger partial charge in [-0.25, -0.2) is 4.68 Å². The highest BCUT2D eigenvalue weighted by molar-refractivity contribution is 9.10. The van der Waals surface area contributed by atoms with Gasteiger partial charge in [0.25, 0.3) is 0 Å². The number of amides is 1. The van der Waals surface area contributed by atoms with Crippen molar-refractivity contribution in [3.05, 3.63) is 58.6 Å². The standard InChI is InChI=1S/C20H22BrN5OS/c1-20(2,3)13-8-10-14(11-9-13)23-17(27)12-28-19-25-24-18(26(19)22)15-6-4-5-7-16(15)21/h4-11H,12,22H2,1-3H3,(H,23,27). The second kappa shape index (κ2) is 8.36. The number of nitrogen functional groups attached to an aromatic ring is 1. The molecule has 0 spiro atoms. The maximum Gasteiger partial charge on any atom is 0.234 e. The number of thioether (sulfide) groups is 1. The minimum atomic E-state index is -0.126.